The number of thioether (sulfide) groups is 1. The van der Waals surface area contributed by atoms with Crippen LogP contribution in [0.5, 0.6) is 5.75 Å². The smallest absolute Gasteiger partial charge is 0.233 e. The van der Waals surface area contributed by atoms with E-state index in [1.807, 2.05) is 35.8 Å². The number of hydrogen-bond donors (Lipinski definition) is 0. The fourth-order valence-electron chi connectivity index (χ4n) is 3.86. The Hall–Kier alpha value is -2.79. The van der Waals surface area contributed by atoms with E-state index in [0.29, 0.717) is 29.7 Å². The van der Waals surface area contributed by atoms with Crippen LogP contribution < -0.4 is 4.74 Å². The van der Waals surface area contributed by atoms with Crippen molar-refractivity contribution in [3.63, 3.8) is 0 Å². The van der Waals surface area contributed by atoms with Crippen molar-refractivity contribution in [1.82, 2.24) is 19.7 Å². The Morgan fingerprint density at radius 3 is 2.67 bits per heavy atom. The zero-order valence-corrected chi connectivity index (χ0v) is 20.1. The second kappa shape index (κ2) is 10.0. The summed E-state index contributed by atoms with van der Waals surface area (Å²) in [6.07, 6.45) is 1.98. The lowest BCUT2D eigenvalue weighted by molar-refractivity contribution is -0.131. The van der Waals surface area contributed by atoms with Crippen LogP contribution in [0.25, 0.3) is 11.4 Å². The largest absolute Gasteiger partial charge is 0.497 e. The first kappa shape index (κ1) is 23.4. The van der Waals surface area contributed by atoms with E-state index in [1.54, 1.807) is 30.4 Å². The average molecular weight is 491 g/mol. The minimum Gasteiger partial charge on any atom is -0.497 e. The second-order valence-corrected chi connectivity index (χ2v) is 10.9. The van der Waals surface area contributed by atoms with E-state index in [1.165, 1.54) is 11.8 Å². The third-order valence-corrected chi connectivity index (χ3v) is 8.28. The van der Waals surface area contributed by atoms with E-state index in [-0.39, 0.29) is 35.8 Å². The number of nitrogens with zero attached hydrogens (tertiary/aromatic N) is 4. The Morgan fingerprint density at radius 2 is 2.06 bits per heavy atom. The molecule has 0 radical (unpaired) electrons. The van der Waals surface area contributed by atoms with Crippen molar-refractivity contribution < 1.29 is 22.4 Å². The third kappa shape index (κ3) is 5.41. The number of ether oxygens (including phenoxy) is 1. The van der Waals surface area contributed by atoms with Gasteiger partial charge in [0.1, 0.15) is 11.5 Å². The Labute approximate surface area is 197 Å². The molecule has 0 unspecified atom stereocenters. The van der Waals surface area contributed by atoms with Crippen molar-refractivity contribution >= 4 is 27.5 Å². The molecule has 1 aromatic carbocycles. The molecule has 0 aliphatic carbocycles. The van der Waals surface area contributed by atoms with Gasteiger partial charge in [0.15, 0.2) is 20.8 Å². The number of carbonyl (C=O) groups is 1. The zero-order valence-electron chi connectivity index (χ0n) is 18.5. The standard InChI is InChI=1S/C22H26N4O5S2/c1-3-25-21(16-6-8-18(30-2)9-7-16)23-24-22(25)32-14-20(27)26(13-19-5-4-11-31-19)17-10-12-33(28,29)15-17/h4-9,11,17H,3,10,12-15H2,1-2H3/t17-/m1/s1. The fourth-order valence-corrected chi connectivity index (χ4v) is 6.47. The molecule has 3 heterocycles. The highest BCUT2D eigenvalue weighted by molar-refractivity contribution is 7.99. The molecule has 9 nitrogen and oxygen atoms in total. The highest BCUT2D eigenvalue weighted by Gasteiger charge is 2.35. The average Bonchev–Trinajstić information content (AvgIpc) is 3.55. The molecular formula is C22H26N4O5S2. The maximum Gasteiger partial charge on any atom is 0.233 e. The number of carbonyl (C=O) groups excluding carboxylic acids is 1. The molecule has 1 atom stereocenters. The zero-order chi connectivity index (χ0) is 23.4. The lowest BCUT2D eigenvalue weighted by Gasteiger charge is -2.27. The molecule has 1 aliphatic rings. The molecule has 176 valence electrons. The van der Waals surface area contributed by atoms with Crippen LogP contribution in [-0.2, 0) is 27.7 Å². The first-order valence-electron chi connectivity index (χ1n) is 10.6. The molecule has 11 heteroatoms. The molecule has 0 bridgehead atoms. The molecule has 1 fully saturated rings. The maximum absolute atomic E-state index is 13.2. The van der Waals surface area contributed by atoms with Crippen LogP contribution >= 0.6 is 11.8 Å². The van der Waals surface area contributed by atoms with Crippen molar-refractivity contribution in [3.05, 3.63) is 48.4 Å². The predicted molar refractivity (Wildman–Crippen MR) is 125 cm³/mol. The minimum atomic E-state index is -3.13. The fraction of sp³-hybridized carbons (Fsp3) is 0.409. The number of amides is 1. The van der Waals surface area contributed by atoms with Crippen LogP contribution in [0.1, 0.15) is 19.1 Å². The number of benzene rings is 1. The Morgan fingerprint density at radius 1 is 1.27 bits per heavy atom. The van der Waals surface area contributed by atoms with Gasteiger partial charge in [0, 0.05) is 18.2 Å². The van der Waals surface area contributed by atoms with Gasteiger partial charge < -0.3 is 18.6 Å². The molecule has 33 heavy (non-hydrogen) atoms. The van der Waals surface area contributed by atoms with Crippen LogP contribution in [0.2, 0.25) is 0 Å². The van der Waals surface area contributed by atoms with Gasteiger partial charge in [-0.1, -0.05) is 11.8 Å². The van der Waals surface area contributed by atoms with Crippen molar-refractivity contribution in [3.8, 4) is 17.1 Å². The summed E-state index contributed by atoms with van der Waals surface area (Å²) in [5.41, 5.74) is 0.902. The number of sulfone groups is 1. The molecule has 4 rings (SSSR count). The molecule has 0 saturated carbocycles. The van der Waals surface area contributed by atoms with E-state index < -0.39 is 9.84 Å². The molecule has 0 N–H and O–H groups in total. The normalized spacial score (nSPS) is 17.2. The maximum atomic E-state index is 13.2. The topological polar surface area (TPSA) is 108 Å². The van der Waals surface area contributed by atoms with Gasteiger partial charge in [0.25, 0.3) is 0 Å². The molecule has 1 saturated heterocycles. The van der Waals surface area contributed by atoms with Gasteiger partial charge in [0.05, 0.1) is 37.2 Å². The predicted octanol–water partition coefficient (Wildman–Crippen LogP) is 2.87. The van der Waals surface area contributed by atoms with Crippen LogP contribution in [0.3, 0.4) is 0 Å². The first-order chi connectivity index (χ1) is 15.9. The highest BCUT2D eigenvalue weighted by Crippen LogP contribution is 2.27. The summed E-state index contributed by atoms with van der Waals surface area (Å²) in [4.78, 5) is 14.8. The van der Waals surface area contributed by atoms with Gasteiger partial charge in [-0.2, -0.15) is 0 Å². The van der Waals surface area contributed by atoms with Crippen molar-refractivity contribution in [2.75, 3.05) is 24.4 Å². The van der Waals surface area contributed by atoms with Gasteiger partial charge in [-0.05, 0) is 49.7 Å². The number of furan rings is 1. The summed E-state index contributed by atoms with van der Waals surface area (Å²) in [7, 11) is -1.51. The van der Waals surface area contributed by atoms with Gasteiger partial charge in [-0.3, -0.25) is 4.79 Å². The Balaban J connectivity index is 1.49. The van der Waals surface area contributed by atoms with Crippen molar-refractivity contribution in [1.29, 1.82) is 0 Å². The van der Waals surface area contributed by atoms with Crippen LogP contribution in [0.15, 0.2) is 52.2 Å². The summed E-state index contributed by atoms with van der Waals surface area (Å²) < 4.78 is 36.6. The molecule has 0 spiro atoms. The Bertz CT molecular complexity index is 1190. The summed E-state index contributed by atoms with van der Waals surface area (Å²) in [5.74, 6) is 2.14. The summed E-state index contributed by atoms with van der Waals surface area (Å²) in [6.45, 7) is 2.88. The lowest BCUT2D eigenvalue weighted by Crippen LogP contribution is -2.41. The number of rotatable bonds is 9. The Kier molecular flexibility index (Phi) is 7.08. The van der Waals surface area contributed by atoms with Crippen LogP contribution in [0, 0.1) is 0 Å². The molecular weight excluding hydrogens is 464 g/mol. The molecule has 1 amide bonds. The summed E-state index contributed by atoms with van der Waals surface area (Å²) in [5, 5.41) is 9.25. The van der Waals surface area contributed by atoms with E-state index >= 15 is 0 Å². The van der Waals surface area contributed by atoms with E-state index in [0.717, 1.165) is 11.3 Å². The summed E-state index contributed by atoms with van der Waals surface area (Å²) in [6, 6.07) is 10.7. The quantitative estimate of drug-likeness (QED) is 0.422. The van der Waals surface area contributed by atoms with E-state index in [9.17, 15) is 13.2 Å². The van der Waals surface area contributed by atoms with Gasteiger partial charge in [-0.15, -0.1) is 10.2 Å². The molecule has 2 aromatic heterocycles. The summed E-state index contributed by atoms with van der Waals surface area (Å²) >= 11 is 1.30. The van der Waals surface area contributed by atoms with Crippen LogP contribution in [-0.4, -0.2) is 64.4 Å². The second-order valence-electron chi connectivity index (χ2n) is 7.73. The number of aromatic nitrogens is 3. The highest BCUT2D eigenvalue weighted by atomic mass is 32.2. The number of hydrogen-bond acceptors (Lipinski definition) is 8. The first-order valence-corrected chi connectivity index (χ1v) is 13.4. The van der Waals surface area contributed by atoms with Gasteiger partial charge in [0.2, 0.25) is 5.91 Å². The van der Waals surface area contributed by atoms with Crippen LogP contribution in [0.4, 0.5) is 0 Å². The van der Waals surface area contributed by atoms with E-state index in [2.05, 4.69) is 10.2 Å². The molecule has 3 aromatic rings. The number of methoxy groups -OCH3 is 1. The third-order valence-electron chi connectivity index (χ3n) is 5.58. The monoisotopic (exact) mass is 490 g/mol. The lowest BCUT2D eigenvalue weighted by atomic mass is 10.2. The van der Waals surface area contributed by atoms with E-state index in [4.69, 9.17) is 9.15 Å². The minimum absolute atomic E-state index is 0.0170. The molecule has 1 aliphatic heterocycles. The van der Waals surface area contributed by atoms with Gasteiger partial charge >= 0.3 is 0 Å². The SMILES string of the molecule is CCn1c(SCC(=O)N(Cc2ccco2)[C@@H]2CCS(=O)(=O)C2)nnc1-c1ccc(OC)cc1. The van der Waals surface area contributed by atoms with Gasteiger partial charge in [-0.25, -0.2) is 8.42 Å². The van der Waals surface area contributed by atoms with Crippen molar-refractivity contribution in [2.24, 2.45) is 0 Å². The van der Waals surface area contributed by atoms with Crippen molar-refractivity contribution in [2.45, 2.75) is 37.6 Å².